The molecule has 0 unspecified atom stereocenters. The van der Waals surface area contributed by atoms with Gasteiger partial charge < -0.3 is 20.1 Å². The number of nitrogen functional groups attached to an aromatic ring is 1. The molecule has 1 aliphatic rings. The molecule has 2 N–H and O–H groups in total. The second kappa shape index (κ2) is 7.90. The Morgan fingerprint density at radius 3 is 2.38 bits per heavy atom. The van der Waals surface area contributed by atoms with Gasteiger partial charge in [0.1, 0.15) is 6.33 Å². The zero-order chi connectivity index (χ0) is 20.4. The van der Waals surface area contributed by atoms with E-state index >= 15 is 0 Å². The fraction of sp³-hybridized carbons (Fsp3) is 0.333. The molecule has 3 heterocycles. The Morgan fingerprint density at radius 1 is 1.07 bits per heavy atom. The quantitative estimate of drug-likeness (QED) is 0.727. The summed E-state index contributed by atoms with van der Waals surface area (Å²) in [6.07, 6.45) is 6.12. The van der Waals surface area contributed by atoms with Gasteiger partial charge in [-0.1, -0.05) is 0 Å². The number of piperidine rings is 1. The molecule has 1 fully saturated rings. The number of nitrogens with zero attached hydrogens (tertiary/aromatic N) is 4. The molecule has 2 aromatic heterocycles. The van der Waals surface area contributed by atoms with Crippen LogP contribution in [-0.4, -0.2) is 53.1 Å². The number of methoxy groups -OCH3 is 2. The van der Waals surface area contributed by atoms with Gasteiger partial charge in [-0.2, -0.15) is 0 Å². The van der Waals surface area contributed by atoms with Crippen molar-refractivity contribution in [3.63, 3.8) is 0 Å². The van der Waals surface area contributed by atoms with Gasteiger partial charge in [-0.05, 0) is 25.0 Å². The molecular weight excluding hydrogens is 370 g/mol. The Morgan fingerprint density at radius 2 is 1.72 bits per heavy atom. The van der Waals surface area contributed by atoms with Gasteiger partial charge in [0.05, 0.1) is 36.7 Å². The van der Waals surface area contributed by atoms with E-state index in [2.05, 4.69) is 9.97 Å². The van der Waals surface area contributed by atoms with E-state index in [0.717, 1.165) is 29.4 Å². The maximum atomic E-state index is 12.6. The zero-order valence-electron chi connectivity index (χ0n) is 16.5. The van der Waals surface area contributed by atoms with Crippen LogP contribution in [0.25, 0.3) is 10.9 Å². The van der Waals surface area contributed by atoms with Crippen molar-refractivity contribution in [1.82, 2.24) is 19.9 Å². The molecular formula is C21H23N5O3. The predicted octanol–water partition coefficient (Wildman–Crippen LogP) is 2.64. The summed E-state index contributed by atoms with van der Waals surface area (Å²) in [6.45, 7) is 1.28. The first-order valence-corrected chi connectivity index (χ1v) is 9.47. The third-order valence-electron chi connectivity index (χ3n) is 5.36. The van der Waals surface area contributed by atoms with Gasteiger partial charge in [-0.3, -0.25) is 9.78 Å². The van der Waals surface area contributed by atoms with Crippen molar-refractivity contribution in [2.75, 3.05) is 33.0 Å². The van der Waals surface area contributed by atoms with Crippen LogP contribution in [0.15, 0.2) is 36.9 Å². The first-order valence-electron chi connectivity index (χ1n) is 9.47. The van der Waals surface area contributed by atoms with Crippen molar-refractivity contribution in [1.29, 1.82) is 0 Å². The third kappa shape index (κ3) is 3.65. The summed E-state index contributed by atoms with van der Waals surface area (Å²) in [5.41, 5.74) is 9.19. The standard InChI is InChI=1S/C21H23N5O3/c1-28-18-8-14-7-16(22)20(25-17(14)9-19(18)29-2)13-3-5-26(6-4-13)21(27)15-10-23-12-24-11-15/h7-13H,3-6,22H2,1-2H3. The van der Waals surface area contributed by atoms with Crippen LogP contribution in [0.1, 0.15) is 34.8 Å². The minimum atomic E-state index is -0.0414. The van der Waals surface area contributed by atoms with Gasteiger partial charge in [0.25, 0.3) is 5.91 Å². The average Bonchev–Trinajstić information content (AvgIpc) is 2.78. The number of carbonyl (C=O) groups excluding carboxylic acids is 1. The first kappa shape index (κ1) is 18.9. The number of ether oxygens (including phenoxy) is 2. The summed E-state index contributed by atoms with van der Waals surface area (Å²) < 4.78 is 10.8. The molecule has 0 bridgehead atoms. The van der Waals surface area contributed by atoms with Gasteiger partial charge in [0, 0.05) is 42.9 Å². The lowest BCUT2D eigenvalue weighted by Crippen LogP contribution is -2.38. The highest BCUT2D eigenvalue weighted by atomic mass is 16.5. The van der Waals surface area contributed by atoms with Crippen molar-refractivity contribution in [2.45, 2.75) is 18.8 Å². The van der Waals surface area contributed by atoms with Crippen LogP contribution in [0, 0.1) is 0 Å². The third-order valence-corrected chi connectivity index (χ3v) is 5.36. The van der Waals surface area contributed by atoms with Crippen LogP contribution in [0.5, 0.6) is 11.5 Å². The molecule has 29 heavy (non-hydrogen) atoms. The summed E-state index contributed by atoms with van der Waals surface area (Å²) in [4.78, 5) is 27.1. The molecule has 0 atom stereocenters. The van der Waals surface area contributed by atoms with E-state index < -0.39 is 0 Å². The second-order valence-electron chi connectivity index (χ2n) is 7.06. The van der Waals surface area contributed by atoms with Gasteiger partial charge in [0.15, 0.2) is 11.5 Å². The van der Waals surface area contributed by atoms with Gasteiger partial charge in [0.2, 0.25) is 0 Å². The summed E-state index contributed by atoms with van der Waals surface area (Å²) in [7, 11) is 3.21. The van der Waals surface area contributed by atoms with Crippen LogP contribution in [0.2, 0.25) is 0 Å². The zero-order valence-corrected chi connectivity index (χ0v) is 16.5. The molecule has 0 saturated carbocycles. The number of amides is 1. The number of benzene rings is 1. The van der Waals surface area contributed by atoms with E-state index in [9.17, 15) is 4.79 Å². The molecule has 0 spiro atoms. The normalized spacial score (nSPS) is 14.8. The highest BCUT2D eigenvalue weighted by Crippen LogP contribution is 2.36. The van der Waals surface area contributed by atoms with Crippen molar-refractivity contribution in [3.05, 3.63) is 48.2 Å². The number of hydrogen-bond donors (Lipinski definition) is 1. The Hall–Kier alpha value is -3.42. The van der Waals surface area contributed by atoms with E-state index in [1.165, 1.54) is 6.33 Å². The number of carbonyl (C=O) groups is 1. The van der Waals surface area contributed by atoms with E-state index in [1.54, 1.807) is 26.6 Å². The number of fused-ring (bicyclic) bond motifs is 1. The molecule has 150 valence electrons. The summed E-state index contributed by atoms with van der Waals surface area (Å²) in [5.74, 6) is 1.43. The van der Waals surface area contributed by atoms with E-state index in [4.69, 9.17) is 20.2 Å². The SMILES string of the molecule is COc1cc2cc(N)c(C3CCN(C(=O)c4cncnc4)CC3)nc2cc1OC. The lowest BCUT2D eigenvalue weighted by atomic mass is 9.91. The van der Waals surface area contributed by atoms with Crippen molar-refractivity contribution in [2.24, 2.45) is 0 Å². The molecule has 0 aliphatic carbocycles. The highest BCUT2D eigenvalue weighted by molar-refractivity contribution is 5.93. The number of aromatic nitrogens is 3. The Labute approximate surface area is 168 Å². The fourth-order valence-corrected chi connectivity index (χ4v) is 3.81. The van der Waals surface area contributed by atoms with Crippen molar-refractivity contribution in [3.8, 4) is 11.5 Å². The van der Waals surface area contributed by atoms with Crippen molar-refractivity contribution >= 4 is 22.5 Å². The van der Waals surface area contributed by atoms with Crippen molar-refractivity contribution < 1.29 is 14.3 Å². The lowest BCUT2D eigenvalue weighted by molar-refractivity contribution is 0.0711. The molecule has 3 aromatic rings. The van der Waals surface area contributed by atoms with Crippen LogP contribution in [0.4, 0.5) is 5.69 Å². The topological polar surface area (TPSA) is 103 Å². The minimum absolute atomic E-state index is 0.0414. The van der Waals surface area contributed by atoms with E-state index in [0.29, 0.717) is 35.8 Å². The summed E-state index contributed by atoms with van der Waals surface area (Å²) in [6, 6.07) is 5.67. The lowest BCUT2D eigenvalue weighted by Gasteiger charge is -2.32. The van der Waals surface area contributed by atoms with Gasteiger partial charge >= 0.3 is 0 Å². The number of likely N-dealkylation sites (tertiary alicyclic amines) is 1. The molecule has 8 heteroatoms. The molecule has 1 aliphatic heterocycles. The molecule has 1 saturated heterocycles. The second-order valence-corrected chi connectivity index (χ2v) is 7.06. The Balaban J connectivity index is 1.55. The molecule has 8 nitrogen and oxygen atoms in total. The Kier molecular flexibility index (Phi) is 5.16. The maximum Gasteiger partial charge on any atom is 0.256 e. The van der Waals surface area contributed by atoms with Crippen LogP contribution in [-0.2, 0) is 0 Å². The predicted molar refractivity (Wildman–Crippen MR) is 109 cm³/mol. The smallest absolute Gasteiger partial charge is 0.256 e. The molecule has 0 radical (unpaired) electrons. The number of hydrogen-bond acceptors (Lipinski definition) is 7. The number of nitrogens with two attached hydrogens (primary N) is 1. The Bertz CT molecular complexity index is 1030. The monoisotopic (exact) mass is 393 g/mol. The maximum absolute atomic E-state index is 12.6. The van der Waals surface area contributed by atoms with Crippen LogP contribution < -0.4 is 15.2 Å². The van der Waals surface area contributed by atoms with Crippen LogP contribution >= 0.6 is 0 Å². The summed E-state index contributed by atoms with van der Waals surface area (Å²) >= 11 is 0. The summed E-state index contributed by atoms with van der Waals surface area (Å²) in [5, 5.41) is 0.903. The molecule has 4 rings (SSSR count). The number of anilines is 1. The van der Waals surface area contributed by atoms with E-state index in [1.807, 2.05) is 23.1 Å². The first-order chi connectivity index (χ1) is 14.1. The molecule has 1 aromatic carbocycles. The number of pyridine rings is 1. The van der Waals surface area contributed by atoms with Gasteiger partial charge in [-0.15, -0.1) is 0 Å². The van der Waals surface area contributed by atoms with Crippen LogP contribution in [0.3, 0.4) is 0 Å². The highest BCUT2D eigenvalue weighted by Gasteiger charge is 2.27. The average molecular weight is 393 g/mol. The largest absolute Gasteiger partial charge is 0.493 e. The number of rotatable bonds is 4. The fourth-order valence-electron chi connectivity index (χ4n) is 3.81. The minimum Gasteiger partial charge on any atom is -0.493 e. The van der Waals surface area contributed by atoms with Gasteiger partial charge in [-0.25, -0.2) is 9.97 Å². The molecule has 1 amide bonds. The van der Waals surface area contributed by atoms with E-state index in [-0.39, 0.29) is 11.8 Å².